The highest BCUT2D eigenvalue weighted by Gasteiger charge is 2.12. The number of pyridine rings is 1. The van der Waals surface area contributed by atoms with Gasteiger partial charge in [0.05, 0.1) is 11.7 Å². The number of aromatic nitrogens is 1. The molecule has 1 heterocycles. The highest BCUT2D eigenvalue weighted by atomic mass is 14.9. The summed E-state index contributed by atoms with van der Waals surface area (Å²) in [6, 6.07) is 21.1. The van der Waals surface area contributed by atoms with Crippen LogP contribution in [0, 0.1) is 0 Å². The van der Waals surface area contributed by atoms with E-state index in [-0.39, 0.29) is 6.04 Å². The van der Waals surface area contributed by atoms with E-state index < -0.39 is 0 Å². The largest absolute Gasteiger partial charge is 0.308 e. The van der Waals surface area contributed by atoms with Gasteiger partial charge in [0.2, 0.25) is 0 Å². The van der Waals surface area contributed by atoms with Crippen LogP contribution in [0.2, 0.25) is 0 Å². The monoisotopic (exact) mass is 248 g/mol. The first-order chi connectivity index (χ1) is 9.38. The van der Waals surface area contributed by atoms with Crippen molar-refractivity contribution in [3.05, 3.63) is 78.1 Å². The number of benzene rings is 2. The number of hydrogen-bond donors (Lipinski definition) is 1. The maximum Gasteiger partial charge on any atom is 0.0749 e. The van der Waals surface area contributed by atoms with Crippen molar-refractivity contribution < 1.29 is 0 Å². The van der Waals surface area contributed by atoms with Crippen molar-refractivity contribution in [2.75, 3.05) is 7.05 Å². The van der Waals surface area contributed by atoms with Crippen LogP contribution in [0.5, 0.6) is 0 Å². The molecule has 0 aliphatic heterocycles. The van der Waals surface area contributed by atoms with Gasteiger partial charge in [0.25, 0.3) is 0 Å². The lowest BCUT2D eigenvalue weighted by Gasteiger charge is -2.16. The van der Waals surface area contributed by atoms with Crippen LogP contribution in [0.25, 0.3) is 10.8 Å². The van der Waals surface area contributed by atoms with Gasteiger partial charge >= 0.3 is 0 Å². The third kappa shape index (κ3) is 2.35. The van der Waals surface area contributed by atoms with Crippen molar-refractivity contribution in [3.63, 3.8) is 0 Å². The number of fused-ring (bicyclic) bond motifs is 1. The summed E-state index contributed by atoms with van der Waals surface area (Å²) < 4.78 is 0. The van der Waals surface area contributed by atoms with Crippen LogP contribution < -0.4 is 5.32 Å². The number of rotatable bonds is 3. The summed E-state index contributed by atoms with van der Waals surface area (Å²) in [6.45, 7) is 0. The molecule has 0 bridgehead atoms. The summed E-state index contributed by atoms with van der Waals surface area (Å²) in [5, 5.41) is 5.86. The molecule has 2 heteroatoms. The predicted octanol–water partition coefficient (Wildman–Crippen LogP) is 3.54. The molecule has 94 valence electrons. The van der Waals surface area contributed by atoms with Crippen LogP contribution in [0.1, 0.15) is 17.3 Å². The van der Waals surface area contributed by atoms with E-state index in [0.717, 1.165) is 5.69 Å². The van der Waals surface area contributed by atoms with Gasteiger partial charge < -0.3 is 5.32 Å². The Morgan fingerprint density at radius 3 is 2.42 bits per heavy atom. The fraction of sp³-hybridized carbons (Fsp3) is 0.118. The predicted molar refractivity (Wildman–Crippen MR) is 79.1 cm³/mol. The van der Waals surface area contributed by atoms with Crippen molar-refractivity contribution in [3.8, 4) is 0 Å². The molecule has 0 fully saturated rings. The summed E-state index contributed by atoms with van der Waals surface area (Å²) in [5.41, 5.74) is 2.28. The smallest absolute Gasteiger partial charge is 0.0749 e. The third-order valence-electron chi connectivity index (χ3n) is 3.38. The standard InChI is InChI=1S/C17H16N2/c1-18-17(16-8-4-5-11-19-16)15-10-9-13-6-2-3-7-14(13)12-15/h2-12,17-18H,1H3. The van der Waals surface area contributed by atoms with Crippen LogP contribution in [-0.4, -0.2) is 12.0 Å². The molecule has 1 aromatic heterocycles. The minimum Gasteiger partial charge on any atom is -0.308 e. The Kier molecular flexibility index (Phi) is 3.25. The van der Waals surface area contributed by atoms with Crippen molar-refractivity contribution in [1.29, 1.82) is 0 Å². The van der Waals surface area contributed by atoms with Gasteiger partial charge in [0, 0.05) is 6.20 Å². The first kappa shape index (κ1) is 11.9. The van der Waals surface area contributed by atoms with Gasteiger partial charge in [-0.2, -0.15) is 0 Å². The van der Waals surface area contributed by atoms with Gasteiger partial charge in [-0.25, -0.2) is 0 Å². The maximum atomic E-state index is 4.44. The van der Waals surface area contributed by atoms with E-state index >= 15 is 0 Å². The number of nitrogens with one attached hydrogen (secondary N) is 1. The molecule has 0 spiro atoms. The zero-order chi connectivity index (χ0) is 13.1. The Morgan fingerprint density at radius 2 is 1.68 bits per heavy atom. The van der Waals surface area contributed by atoms with E-state index in [0.29, 0.717) is 0 Å². The van der Waals surface area contributed by atoms with Gasteiger partial charge in [-0.3, -0.25) is 4.98 Å². The van der Waals surface area contributed by atoms with Gasteiger partial charge in [-0.05, 0) is 41.6 Å². The highest BCUT2D eigenvalue weighted by Crippen LogP contribution is 2.24. The second kappa shape index (κ2) is 5.21. The van der Waals surface area contributed by atoms with E-state index in [1.807, 2.05) is 25.4 Å². The molecular formula is C17H16N2. The molecule has 3 aromatic rings. The van der Waals surface area contributed by atoms with E-state index in [9.17, 15) is 0 Å². The van der Waals surface area contributed by atoms with E-state index in [4.69, 9.17) is 0 Å². The van der Waals surface area contributed by atoms with Gasteiger partial charge in [0.1, 0.15) is 0 Å². The first-order valence-electron chi connectivity index (χ1n) is 6.45. The summed E-state index contributed by atoms with van der Waals surface area (Å²) in [5.74, 6) is 0. The topological polar surface area (TPSA) is 24.9 Å². The molecular weight excluding hydrogens is 232 g/mol. The third-order valence-corrected chi connectivity index (χ3v) is 3.38. The zero-order valence-corrected chi connectivity index (χ0v) is 10.9. The Morgan fingerprint density at radius 1 is 0.895 bits per heavy atom. The molecule has 0 saturated carbocycles. The second-order valence-corrected chi connectivity index (χ2v) is 4.58. The molecule has 2 aromatic carbocycles. The van der Waals surface area contributed by atoms with Crippen LogP contribution in [-0.2, 0) is 0 Å². The van der Waals surface area contributed by atoms with Gasteiger partial charge in [0.15, 0.2) is 0 Å². The second-order valence-electron chi connectivity index (χ2n) is 4.58. The fourth-order valence-electron chi connectivity index (χ4n) is 2.42. The molecule has 0 radical (unpaired) electrons. The summed E-state index contributed by atoms with van der Waals surface area (Å²) in [6.07, 6.45) is 1.83. The lowest BCUT2D eigenvalue weighted by atomic mass is 9.99. The van der Waals surface area contributed by atoms with Crippen LogP contribution in [0.3, 0.4) is 0 Å². The molecule has 19 heavy (non-hydrogen) atoms. The van der Waals surface area contributed by atoms with Crippen molar-refractivity contribution in [2.24, 2.45) is 0 Å². The minimum atomic E-state index is 0.130. The lowest BCUT2D eigenvalue weighted by molar-refractivity contribution is 0.672. The van der Waals surface area contributed by atoms with E-state index in [1.54, 1.807) is 0 Å². The molecule has 1 atom stereocenters. The summed E-state index contributed by atoms with van der Waals surface area (Å²) >= 11 is 0. The van der Waals surface area contributed by atoms with Crippen LogP contribution in [0.4, 0.5) is 0 Å². The molecule has 3 rings (SSSR count). The van der Waals surface area contributed by atoms with Crippen molar-refractivity contribution >= 4 is 10.8 Å². The van der Waals surface area contributed by atoms with Crippen molar-refractivity contribution in [2.45, 2.75) is 6.04 Å². The maximum absolute atomic E-state index is 4.44. The zero-order valence-electron chi connectivity index (χ0n) is 10.9. The molecule has 0 amide bonds. The molecule has 2 nitrogen and oxygen atoms in total. The SMILES string of the molecule is CNC(c1ccc2ccccc2c1)c1ccccn1. The first-order valence-corrected chi connectivity index (χ1v) is 6.45. The number of nitrogens with zero attached hydrogens (tertiary/aromatic N) is 1. The Bertz CT molecular complexity index is 677. The van der Waals surface area contributed by atoms with E-state index in [1.165, 1.54) is 16.3 Å². The van der Waals surface area contributed by atoms with Gasteiger partial charge in [-0.1, -0.05) is 42.5 Å². The Balaban J connectivity index is 2.06. The fourth-order valence-corrected chi connectivity index (χ4v) is 2.42. The average Bonchev–Trinajstić information content (AvgIpc) is 2.49. The Labute approximate surface area is 113 Å². The number of hydrogen-bond acceptors (Lipinski definition) is 2. The van der Waals surface area contributed by atoms with Crippen LogP contribution >= 0.6 is 0 Å². The minimum absolute atomic E-state index is 0.130. The molecule has 0 saturated heterocycles. The van der Waals surface area contributed by atoms with Crippen molar-refractivity contribution in [1.82, 2.24) is 10.3 Å². The molecule has 1 N–H and O–H groups in total. The Hall–Kier alpha value is -2.19. The molecule has 0 aliphatic rings. The quantitative estimate of drug-likeness (QED) is 0.766. The summed E-state index contributed by atoms with van der Waals surface area (Å²) in [4.78, 5) is 4.44. The van der Waals surface area contributed by atoms with E-state index in [2.05, 4.69) is 58.8 Å². The average molecular weight is 248 g/mol. The summed E-state index contributed by atoms with van der Waals surface area (Å²) in [7, 11) is 1.97. The van der Waals surface area contributed by atoms with Gasteiger partial charge in [-0.15, -0.1) is 0 Å². The highest BCUT2D eigenvalue weighted by molar-refractivity contribution is 5.83. The molecule has 0 aliphatic carbocycles. The lowest BCUT2D eigenvalue weighted by Crippen LogP contribution is -2.18. The van der Waals surface area contributed by atoms with Crippen LogP contribution in [0.15, 0.2) is 66.9 Å². The normalized spacial score (nSPS) is 12.5. The molecule has 1 unspecified atom stereocenters.